The van der Waals surface area contributed by atoms with Crippen molar-refractivity contribution in [2.24, 2.45) is 0 Å². The van der Waals surface area contributed by atoms with E-state index in [0.717, 1.165) is 16.8 Å². The maximum absolute atomic E-state index is 12.6. The highest BCUT2D eigenvalue weighted by molar-refractivity contribution is 7.97. The fourth-order valence-corrected chi connectivity index (χ4v) is 4.03. The molecule has 0 saturated carbocycles. The van der Waals surface area contributed by atoms with Gasteiger partial charge in [-0.2, -0.15) is 0 Å². The zero-order valence-electron chi connectivity index (χ0n) is 17.1. The van der Waals surface area contributed by atoms with Crippen molar-refractivity contribution in [3.8, 4) is 0 Å². The highest BCUT2D eigenvalue weighted by atomic mass is 32.2. The summed E-state index contributed by atoms with van der Waals surface area (Å²) in [5.41, 5.74) is -0.506. The largest absolute Gasteiger partial charge is 0.444 e. The van der Waals surface area contributed by atoms with Crippen molar-refractivity contribution in [2.45, 2.75) is 44.2 Å². The molecule has 1 aliphatic rings. The lowest BCUT2D eigenvalue weighted by Crippen LogP contribution is -2.44. The number of carbonyl (C=O) groups is 1. The molecule has 1 amide bonds. The third-order valence-electron chi connectivity index (χ3n) is 4.42. The standard InChI is InChI=1S/C21H29N3O3S/c1-16-15-23(20(25)27-21(2,3)4)9-11-26-12-10-24(16)28-19-6-5-18-14-22-8-7-17(18)13-19/h5-8,13-14,16H,9-12,15H2,1-4H3/t16-/m1/s1. The quantitative estimate of drug-likeness (QED) is 0.701. The van der Waals surface area contributed by atoms with Crippen molar-refractivity contribution in [1.82, 2.24) is 14.2 Å². The molecule has 1 aliphatic heterocycles. The van der Waals surface area contributed by atoms with E-state index < -0.39 is 5.60 Å². The van der Waals surface area contributed by atoms with E-state index in [4.69, 9.17) is 9.47 Å². The van der Waals surface area contributed by atoms with Crippen LogP contribution in [0.15, 0.2) is 41.6 Å². The predicted molar refractivity (Wildman–Crippen MR) is 112 cm³/mol. The molecule has 6 nitrogen and oxygen atoms in total. The second-order valence-electron chi connectivity index (χ2n) is 8.00. The van der Waals surface area contributed by atoms with E-state index in [1.54, 1.807) is 16.8 Å². The van der Waals surface area contributed by atoms with Crippen LogP contribution in [0.3, 0.4) is 0 Å². The van der Waals surface area contributed by atoms with Crippen molar-refractivity contribution >= 4 is 28.8 Å². The number of carbonyl (C=O) groups excluding carboxylic acids is 1. The van der Waals surface area contributed by atoms with Gasteiger partial charge < -0.3 is 14.4 Å². The van der Waals surface area contributed by atoms with Gasteiger partial charge in [-0.15, -0.1) is 0 Å². The summed E-state index contributed by atoms with van der Waals surface area (Å²) in [6.07, 6.45) is 3.40. The fraction of sp³-hybridized carbons (Fsp3) is 0.524. The van der Waals surface area contributed by atoms with E-state index in [9.17, 15) is 4.79 Å². The van der Waals surface area contributed by atoms with Crippen LogP contribution in [0.5, 0.6) is 0 Å². The summed E-state index contributed by atoms with van der Waals surface area (Å²) in [5.74, 6) is 0. The monoisotopic (exact) mass is 403 g/mol. The Morgan fingerprint density at radius 1 is 1.21 bits per heavy atom. The van der Waals surface area contributed by atoms with Crippen LogP contribution in [0.1, 0.15) is 27.7 Å². The molecule has 7 heteroatoms. The molecule has 0 aliphatic carbocycles. The molecule has 2 aromatic rings. The number of amides is 1. The number of benzene rings is 1. The first kappa shape index (κ1) is 20.9. The molecule has 0 bridgehead atoms. The minimum absolute atomic E-state index is 0.160. The maximum Gasteiger partial charge on any atom is 0.410 e. The van der Waals surface area contributed by atoms with Gasteiger partial charge in [-0.25, -0.2) is 9.10 Å². The number of nitrogens with zero attached hydrogens (tertiary/aromatic N) is 3. The van der Waals surface area contributed by atoms with Crippen molar-refractivity contribution in [1.29, 1.82) is 0 Å². The van der Waals surface area contributed by atoms with Gasteiger partial charge in [-0.05, 0) is 63.2 Å². The molecule has 1 aromatic heterocycles. The van der Waals surface area contributed by atoms with Crippen LogP contribution in [0.4, 0.5) is 4.79 Å². The summed E-state index contributed by atoms with van der Waals surface area (Å²) >= 11 is 1.70. The zero-order valence-corrected chi connectivity index (χ0v) is 17.9. The van der Waals surface area contributed by atoms with Crippen molar-refractivity contribution in [2.75, 3.05) is 32.8 Å². The van der Waals surface area contributed by atoms with Crippen LogP contribution < -0.4 is 0 Å². The van der Waals surface area contributed by atoms with Gasteiger partial charge in [0.15, 0.2) is 0 Å². The lowest BCUT2D eigenvalue weighted by Gasteiger charge is -2.32. The van der Waals surface area contributed by atoms with E-state index in [1.807, 2.05) is 39.2 Å². The Morgan fingerprint density at radius 3 is 2.79 bits per heavy atom. The van der Waals surface area contributed by atoms with Gasteiger partial charge in [0.2, 0.25) is 0 Å². The van der Waals surface area contributed by atoms with Crippen molar-refractivity contribution in [3.05, 3.63) is 36.7 Å². The average molecular weight is 404 g/mol. The molecule has 152 valence electrons. The normalized spacial score (nSPS) is 19.7. The molecule has 0 unspecified atom stereocenters. The predicted octanol–water partition coefficient (Wildman–Crippen LogP) is 4.20. The van der Waals surface area contributed by atoms with Crippen LogP contribution in [0.2, 0.25) is 0 Å². The Balaban J connectivity index is 1.71. The minimum Gasteiger partial charge on any atom is -0.444 e. The van der Waals surface area contributed by atoms with Gasteiger partial charge in [0.05, 0.1) is 13.2 Å². The number of ether oxygens (including phenoxy) is 2. The van der Waals surface area contributed by atoms with Gasteiger partial charge >= 0.3 is 6.09 Å². The molecule has 0 spiro atoms. The van der Waals surface area contributed by atoms with E-state index >= 15 is 0 Å². The molecule has 0 N–H and O–H groups in total. The first-order valence-corrected chi connectivity index (χ1v) is 10.4. The third kappa shape index (κ3) is 5.83. The molecule has 1 saturated heterocycles. The van der Waals surface area contributed by atoms with Crippen LogP contribution in [0.25, 0.3) is 10.8 Å². The lowest BCUT2D eigenvalue weighted by molar-refractivity contribution is 0.0184. The molecular weight excluding hydrogens is 374 g/mol. The number of aromatic nitrogens is 1. The minimum atomic E-state index is -0.506. The van der Waals surface area contributed by atoms with Crippen molar-refractivity contribution in [3.63, 3.8) is 0 Å². The Kier molecular flexibility index (Phi) is 6.80. The first-order chi connectivity index (χ1) is 13.3. The average Bonchev–Trinajstić information content (AvgIpc) is 2.72. The van der Waals surface area contributed by atoms with E-state index in [1.165, 1.54) is 5.39 Å². The molecule has 2 heterocycles. The van der Waals surface area contributed by atoms with Crippen LogP contribution in [-0.4, -0.2) is 64.8 Å². The summed E-state index contributed by atoms with van der Waals surface area (Å²) in [6.45, 7) is 10.9. The van der Waals surface area contributed by atoms with Crippen LogP contribution in [0, 0.1) is 0 Å². The fourth-order valence-electron chi connectivity index (χ4n) is 3.03. The molecule has 3 rings (SSSR count). The highest BCUT2D eigenvalue weighted by Gasteiger charge is 2.27. The number of hydrogen-bond donors (Lipinski definition) is 0. The number of fused-ring (bicyclic) bond motifs is 1. The molecule has 0 radical (unpaired) electrons. The van der Waals surface area contributed by atoms with Gasteiger partial charge in [0, 0.05) is 48.4 Å². The zero-order chi connectivity index (χ0) is 20.1. The van der Waals surface area contributed by atoms with Gasteiger partial charge in [-0.1, -0.05) is 6.07 Å². The topological polar surface area (TPSA) is 54.9 Å². The van der Waals surface area contributed by atoms with E-state index in [2.05, 4.69) is 34.4 Å². The Morgan fingerprint density at radius 2 is 2.00 bits per heavy atom. The Hall–Kier alpha value is -1.83. The third-order valence-corrected chi connectivity index (χ3v) is 5.67. The van der Waals surface area contributed by atoms with Crippen LogP contribution in [-0.2, 0) is 9.47 Å². The summed E-state index contributed by atoms with van der Waals surface area (Å²) in [4.78, 5) is 19.6. The van der Waals surface area contributed by atoms with Crippen LogP contribution >= 0.6 is 11.9 Å². The second kappa shape index (κ2) is 9.11. The molecular formula is C21H29N3O3S. The maximum atomic E-state index is 12.6. The van der Waals surface area contributed by atoms with E-state index in [-0.39, 0.29) is 12.1 Å². The molecule has 1 fully saturated rings. The number of rotatable bonds is 2. The molecule has 28 heavy (non-hydrogen) atoms. The summed E-state index contributed by atoms with van der Waals surface area (Å²) < 4.78 is 13.6. The van der Waals surface area contributed by atoms with Crippen molar-refractivity contribution < 1.29 is 14.3 Å². The van der Waals surface area contributed by atoms with Gasteiger partial charge in [-0.3, -0.25) is 4.98 Å². The van der Waals surface area contributed by atoms with Gasteiger partial charge in [0.1, 0.15) is 5.60 Å². The molecule has 1 aromatic carbocycles. The smallest absolute Gasteiger partial charge is 0.410 e. The lowest BCUT2D eigenvalue weighted by atomic mass is 10.2. The number of hydrogen-bond acceptors (Lipinski definition) is 6. The van der Waals surface area contributed by atoms with Gasteiger partial charge in [0.25, 0.3) is 0 Å². The summed E-state index contributed by atoms with van der Waals surface area (Å²) in [6, 6.07) is 8.56. The molecule has 1 atom stereocenters. The second-order valence-corrected chi connectivity index (χ2v) is 9.13. The SMILES string of the molecule is C[C@@H]1CN(C(=O)OC(C)(C)C)CCOCCN1Sc1ccc2cnccc2c1. The van der Waals surface area contributed by atoms with E-state index in [0.29, 0.717) is 26.3 Å². The number of pyridine rings is 1. The Bertz CT molecular complexity index is 809. The summed E-state index contributed by atoms with van der Waals surface area (Å²) in [7, 11) is 0. The first-order valence-electron chi connectivity index (χ1n) is 9.66. The summed E-state index contributed by atoms with van der Waals surface area (Å²) in [5, 5.41) is 2.30. The highest BCUT2D eigenvalue weighted by Crippen LogP contribution is 2.28. The Labute approximate surface area is 171 Å².